The molecule has 0 heterocycles. The monoisotopic (exact) mass is 349 g/mol. The molecular formula is C15H19BrF3N. The van der Waals surface area contributed by atoms with Crippen LogP contribution in [0.15, 0.2) is 22.7 Å². The standard InChI is InChI=1S/C15H19BrF3N/c1-20-14(8-10-4-2-3-5-10)12-7-6-11(16)9-13(12)15(17,18)19/h6-7,9-10,14,20H,2-5,8H2,1H3. The van der Waals surface area contributed by atoms with Crippen LogP contribution in [0.1, 0.15) is 49.3 Å². The summed E-state index contributed by atoms with van der Waals surface area (Å²) in [6, 6.07) is 4.21. The number of hydrogen-bond acceptors (Lipinski definition) is 1. The van der Waals surface area contributed by atoms with Crippen LogP contribution in [0.2, 0.25) is 0 Å². The highest BCUT2D eigenvalue weighted by Crippen LogP contribution is 2.39. The molecule has 0 radical (unpaired) electrons. The minimum absolute atomic E-state index is 0.233. The summed E-state index contributed by atoms with van der Waals surface area (Å²) in [6.45, 7) is 0. The van der Waals surface area contributed by atoms with Crippen LogP contribution in [0, 0.1) is 5.92 Å². The third-order valence-electron chi connectivity index (χ3n) is 4.09. The molecular weight excluding hydrogens is 331 g/mol. The summed E-state index contributed by atoms with van der Waals surface area (Å²) in [6.07, 6.45) is 1.14. The Morgan fingerprint density at radius 2 is 1.95 bits per heavy atom. The lowest BCUT2D eigenvalue weighted by molar-refractivity contribution is -0.138. The fraction of sp³-hybridized carbons (Fsp3) is 0.600. The quantitative estimate of drug-likeness (QED) is 0.776. The molecule has 1 N–H and O–H groups in total. The molecule has 0 aromatic heterocycles. The minimum atomic E-state index is -4.32. The zero-order chi connectivity index (χ0) is 14.8. The molecule has 1 fully saturated rings. The van der Waals surface area contributed by atoms with E-state index in [-0.39, 0.29) is 6.04 Å². The maximum Gasteiger partial charge on any atom is 0.416 e. The maximum atomic E-state index is 13.2. The summed E-state index contributed by atoms with van der Waals surface area (Å²) >= 11 is 3.13. The predicted octanol–water partition coefficient (Wildman–Crippen LogP) is 5.31. The molecule has 0 bridgehead atoms. The Bertz CT molecular complexity index is 453. The smallest absolute Gasteiger partial charge is 0.313 e. The number of nitrogens with one attached hydrogen (secondary N) is 1. The lowest BCUT2D eigenvalue weighted by atomic mass is 9.91. The molecule has 1 unspecified atom stereocenters. The molecule has 0 saturated heterocycles. The first-order chi connectivity index (χ1) is 9.41. The lowest BCUT2D eigenvalue weighted by Gasteiger charge is -2.24. The SMILES string of the molecule is CNC(CC1CCCC1)c1ccc(Br)cc1C(F)(F)F. The maximum absolute atomic E-state index is 13.2. The second-order valence-corrected chi connectivity index (χ2v) is 6.37. The molecule has 1 atom stereocenters. The van der Waals surface area contributed by atoms with Crippen LogP contribution in [0.5, 0.6) is 0 Å². The predicted molar refractivity (Wildman–Crippen MR) is 77.5 cm³/mol. The van der Waals surface area contributed by atoms with E-state index in [1.807, 2.05) is 0 Å². The molecule has 1 aromatic rings. The Hall–Kier alpha value is -0.550. The fourth-order valence-corrected chi connectivity index (χ4v) is 3.42. The average Bonchev–Trinajstić information content (AvgIpc) is 2.88. The van der Waals surface area contributed by atoms with Crippen LogP contribution < -0.4 is 5.32 Å². The van der Waals surface area contributed by atoms with Crippen molar-refractivity contribution in [3.63, 3.8) is 0 Å². The van der Waals surface area contributed by atoms with Gasteiger partial charge >= 0.3 is 6.18 Å². The number of alkyl halides is 3. The summed E-state index contributed by atoms with van der Waals surface area (Å²) in [5.74, 6) is 0.539. The summed E-state index contributed by atoms with van der Waals surface area (Å²) < 4.78 is 40.0. The van der Waals surface area contributed by atoms with Gasteiger partial charge in [-0.25, -0.2) is 0 Å². The van der Waals surface area contributed by atoms with Crippen molar-refractivity contribution in [2.24, 2.45) is 5.92 Å². The number of halogens is 4. The molecule has 0 spiro atoms. The Morgan fingerprint density at radius 3 is 2.50 bits per heavy atom. The zero-order valence-electron chi connectivity index (χ0n) is 11.4. The molecule has 1 aliphatic carbocycles. The van der Waals surface area contributed by atoms with Crippen LogP contribution >= 0.6 is 15.9 Å². The fourth-order valence-electron chi connectivity index (χ4n) is 3.06. The first-order valence-electron chi connectivity index (χ1n) is 6.95. The summed E-state index contributed by atoms with van der Waals surface area (Å²) in [5.41, 5.74) is -0.181. The Kier molecular flexibility index (Phi) is 5.13. The number of rotatable bonds is 4. The van der Waals surface area contributed by atoms with Gasteiger partial charge in [0.1, 0.15) is 0 Å². The average molecular weight is 350 g/mol. The summed E-state index contributed by atoms with van der Waals surface area (Å²) in [5, 5.41) is 3.06. The second kappa shape index (κ2) is 6.48. The molecule has 2 rings (SSSR count). The Balaban J connectivity index is 2.28. The van der Waals surface area contributed by atoms with Crippen LogP contribution in [-0.2, 0) is 6.18 Å². The largest absolute Gasteiger partial charge is 0.416 e. The third-order valence-corrected chi connectivity index (χ3v) is 4.58. The van der Waals surface area contributed by atoms with Crippen molar-refractivity contribution in [1.29, 1.82) is 0 Å². The van der Waals surface area contributed by atoms with Crippen LogP contribution in [0.3, 0.4) is 0 Å². The molecule has 1 nitrogen and oxygen atoms in total. The van der Waals surface area contributed by atoms with Crippen LogP contribution in [-0.4, -0.2) is 7.05 Å². The first-order valence-corrected chi connectivity index (χ1v) is 7.75. The third kappa shape index (κ3) is 3.76. The van der Waals surface area contributed by atoms with Gasteiger partial charge in [0.15, 0.2) is 0 Å². The normalized spacial score (nSPS) is 18.4. The van der Waals surface area contributed by atoms with Gasteiger partial charge in [-0.2, -0.15) is 13.2 Å². The van der Waals surface area contributed by atoms with E-state index in [4.69, 9.17) is 0 Å². The summed E-state index contributed by atoms with van der Waals surface area (Å²) in [4.78, 5) is 0. The van der Waals surface area contributed by atoms with Gasteiger partial charge in [-0.1, -0.05) is 47.7 Å². The topological polar surface area (TPSA) is 12.0 Å². The van der Waals surface area contributed by atoms with Crippen molar-refractivity contribution in [3.8, 4) is 0 Å². The van der Waals surface area contributed by atoms with Crippen molar-refractivity contribution in [3.05, 3.63) is 33.8 Å². The number of hydrogen-bond donors (Lipinski definition) is 1. The highest BCUT2D eigenvalue weighted by molar-refractivity contribution is 9.10. The van der Waals surface area contributed by atoms with Crippen molar-refractivity contribution in [2.75, 3.05) is 7.05 Å². The number of benzene rings is 1. The second-order valence-electron chi connectivity index (χ2n) is 5.46. The minimum Gasteiger partial charge on any atom is -0.313 e. The molecule has 20 heavy (non-hydrogen) atoms. The van der Waals surface area contributed by atoms with Gasteiger partial charge in [0, 0.05) is 10.5 Å². The van der Waals surface area contributed by atoms with E-state index < -0.39 is 11.7 Å². The molecule has 0 aliphatic heterocycles. The molecule has 112 valence electrons. The highest BCUT2D eigenvalue weighted by atomic mass is 79.9. The van der Waals surface area contributed by atoms with Crippen molar-refractivity contribution in [2.45, 2.75) is 44.3 Å². The van der Waals surface area contributed by atoms with E-state index in [1.54, 1.807) is 19.2 Å². The Labute approximate surface area is 126 Å². The zero-order valence-corrected chi connectivity index (χ0v) is 13.0. The van der Waals surface area contributed by atoms with Gasteiger partial charge in [0.05, 0.1) is 5.56 Å². The molecule has 1 saturated carbocycles. The molecule has 1 aliphatic rings. The molecule has 5 heteroatoms. The Morgan fingerprint density at radius 1 is 1.30 bits per heavy atom. The first kappa shape index (κ1) is 15.8. The van der Waals surface area contributed by atoms with Gasteiger partial charge < -0.3 is 5.32 Å². The van der Waals surface area contributed by atoms with Crippen LogP contribution in [0.25, 0.3) is 0 Å². The van der Waals surface area contributed by atoms with E-state index in [1.165, 1.54) is 18.9 Å². The van der Waals surface area contributed by atoms with E-state index in [0.29, 0.717) is 16.0 Å². The van der Waals surface area contributed by atoms with Crippen molar-refractivity contribution >= 4 is 15.9 Å². The van der Waals surface area contributed by atoms with Crippen LogP contribution in [0.4, 0.5) is 13.2 Å². The lowest BCUT2D eigenvalue weighted by Crippen LogP contribution is -2.23. The summed E-state index contributed by atoms with van der Waals surface area (Å²) in [7, 11) is 1.74. The van der Waals surface area contributed by atoms with Gasteiger partial charge in [0.25, 0.3) is 0 Å². The van der Waals surface area contributed by atoms with Crippen molar-refractivity contribution in [1.82, 2.24) is 5.32 Å². The van der Waals surface area contributed by atoms with Gasteiger partial charge in [0.2, 0.25) is 0 Å². The van der Waals surface area contributed by atoms with E-state index in [0.717, 1.165) is 19.3 Å². The van der Waals surface area contributed by atoms with Gasteiger partial charge in [-0.05, 0) is 37.1 Å². The van der Waals surface area contributed by atoms with E-state index >= 15 is 0 Å². The highest BCUT2D eigenvalue weighted by Gasteiger charge is 2.35. The van der Waals surface area contributed by atoms with Crippen molar-refractivity contribution < 1.29 is 13.2 Å². The van der Waals surface area contributed by atoms with E-state index in [9.17, 15) is 13.2 Å². The van der Waals surface area contributed by atoms with Gasteiger partial charge in [-0.3, -0.25) is 0 Å². The molecule has 0 amide bonds. The molecule has 1 aromatic carbocycles. The van der Waals surface area contributed by atoms with Gasteiger partial charge in [-0.15, -0.1) is 0 Å². The van der Waals surface area contributed by atoms with E-state index in [2.05, 4.69) is 21.2 Å².